The van der Waals surface area contributed by atoms with Crippen LogP contribution in [-0.4, -0.2) is 18.2 Å². The summed E-state index contributed by atoms with van der Waals surface area (Å²) in [6, 6.07) is 9.94. The van der Waals surface area contributed by atoms with Gasteiger partial charge in [0.25, 0.3) is 0 Å². The highest BCUT2D eigenvalue weighted by Gasteiger charge is 2.20. The Morgan fingerprint density at radius 1 is 1.24 bits per heavy atom. The monoisotopic (exact) mass is 236 g/mol. The van der Waals surface area contributed by atoms with Gasteiger partial charge in [-0.2, -0.15) is 0 Å². The molecule has 0 saturated heterocycles. The lowest BCUT2D eigenvalue weighted by Gasteiger charge is -2.24. The molecular formula is C14H20O3. The molecule has 0 radical (unpaired) electrons. The lowest BCUT2D eigenvalue weighted by atomic mass is 10.1. The van der Waals surface area contributed by atoms with E-state index in [0.717, 1.165) is 5.56 Å². The highest BCUT2D eigenvalue weighted by molar-refractivity contribution is 5.68. The van der Waals surface area contributed by atoms with Crippen LogP contribution in [0.25, 0.3) is 0 Å². The van der Waals surface area contributed by atoms with E-state index in [1.165, 1.54) is 0 Å². The van der Waals surface area contributed by atoms with Crippen molar-refractivity contribution in [1.82, 2.24) is 0 Å². The first-order chi connectivity index (χ1) is 8.03. The average molecular weight is 236 g/mol. The van der Waals surface area contributed by atoms with Gasteiger partial charge in [0.1, 0.15) is 6.61 Å². The zero-order valence-corrected chi connectivity index (χ0v) is 10.7. The Labute approximate surface area is 103 Å². The number of carbonyl (C=O) groups is 1. The average Bonchev–Trinajstić information content (AvgIpc) is 2.35. The zero-order valence-electron chi connectivity index (χ0n) is 10.7. The van der Waals surface area contributed by atoms with Crippen LogP contribution in [0, 0.1) is 0 Å². The van der Waals surface area contributed by atoms with Gasteiger partial charge in [0.2, 0.25) is 0 Å². The number of hydrogen-bond donors (Lipinski definition) is 0. The second-order valence-corrected chi connectivity index (χ2v) is 4.55. The van der Waals surface area contributed by atoms with Crippen molar-refractivity contribution in [2.75, 3.05) is 6.61 Å². The predicted octanol–water partition coefficient (Wildman–Crippen LogP) is 2.94. The molecule has 0 amide bonds. The summed E-state index contributed by atoms with van der Waals surface area (Å²) >= 11 is 0. The fraction of sp³-hybridized carbons (Fsp3) is 0.500. The standard InChI is InChI=1S/C14H20O3/c1-4-13(15)16-11-14(2,3)17-10-12-8-6-5-7-9-12/h5-9H,4,10-11H2,1-3H3. The van der Waals surface area contributed by atoms with E-state index in [1.54, 1.807) is 6.92 Å². The Balaban J connectivity index is 2.36. The van der Waals surface area contributed by atoms with Gasteiger partial charge in [-0.15, -0.1) is 0 Å². The van der Waals surface area contributed by atoms with Crippen molar-refractivity contribution in [2.24, 2.45) is 0 Å². The van der Waals surface area contributed by atoms with Gasteiger partial charge in [-0.1, -0.05) is 37.3 Å². The molecule has 94 valence electrons. The minimum absolute atomic E-state index is 0.193. The highest BCUT2D eigenvalue weighted by Crippen LogP contribution is 2.13. The Hall–Kier alpha value is -1.35. The number of benzene rings is 1. The molecule has 0 spiro atoms. The molecule has 1 aromatic rings. The summed E-state index contributed by atoms with van der Waals surface area (Å²) in [5.41, 5.74) is 0.656. The number of hydrogen-bond acceptors (Lipinski definition) is 3. The van der Waals surface area contributed by atoms with Gasteiger partial charge >= 0.3 is 5.97 Å². The second-order valence-electron chi connectivity index (χ2n) is 4.55. The lowest BCUT2D eigenvalue weighted by Crippen LogP contribution is -2.31. The van der Waals surface area contributed by atoms with Crippen LogP contribution in [0.1, 0.15) is 32.8 Å². The van der Waals surface area contributed by atoms with Crippen LogP contribution in [0.5, 0.6) is 0 Å². The van der Waals surface area contributed by atoms with Crippen molar-refractivity contribution in [2.45, 2.75) is 39.4 Å². The van der Waals surface area contributed by atoms with Crippen LogP contribution < -0.4 is 0 Å². The van der Waals surface area contributed by atoms with Gasteiger partial charge < -0.3 is 9.47 Å². The maximum absolute atomic E-state index is 11.1. The van der Waals surface area contributed by atoms with Crippen LogP contribution >= 0.6 is 0 Å². The van der Waals surface area contributed by atoms with E-state index >= 15 is 0 Å². The summed E-state index contributed by atoms with van der Waals surface area (Å²) in [5, 5.41) is 0. The molecule has 3 heteroatoms. The molecule has 0 aliphatic rings. The molecule has 0 bridgehead atoms. The van der Waals surface area contributed by atoms with E-state index < -0.39 is 5.60 Å². The van der Waals surface area contributed by atoms with Crippen molar-refractivity contribution in [3.8, 4) is 0 Å². The summed E-state index contributed by atoms with van der Waals surface area (Å²) in [4.78, 5) is 11.1. The van der Waals surface area contributed by atoms with E-state index in [9.17, 15) is 4.79 Å². The first-order valence-electron chi connectivity index (χ1n) is 5.87. The molecule has 3 nitrogen and oxygen atoms in total. The quantitative estimate of drug-likeness (QED) is 0.712. The Kier molecular flexibility index (Phi) is 5.16. The maximum Gasteiger partial charge on any atom is 0.305 e. The summed E-state index contributed by atoms with van der Waals surface area (Å²) < 4.78 is 10.8. The Morgan fingerprint density at radius 3 is 2.47 bits per heavy atom. The molecule has 0 aliphatic carbocycles. The SMILES string of the molecule is CCC(=O)OCC(C)(C)OCc1ccccc1. The fourth-order valence-corrected chi connectivity index (χ4v) is 1.25. The van der Waals surface area contributed by atoms with Crippen LogP contribution in [0.4, 0.5) is 0 Å². The Morgan fingerprint density at radius 2 is 1.88 bits per heavy atom. The minimum Gasteiger partial charge on any atom is -0.463 e. The molecule has 1 aromatic carbocycles. The topological polar surface area (TPSA) is 35.5 Å². The number of carbonyl (C=O) groups excluding carboxylic acids is 1. The summed E-state index contributed by atoms with van der Waals surface area (Å²) in [6.07, 6.45) is 0.398. The van der Waals surface area contributed by atoms with Gasteiger partial charge in [-0.25, -0.2) is 0 Å². The van der Waals surface area contributed by atoms with E-state index in [-0.39, 0.29) is 12.6 Å². The molecule has 0 aliphatic heterocycles. The fourth-order valence-electron chi connectivity index (χ4n) is 1.25. The van der Waals surface area contributed by atoms with Crippen molar-refractivity contribution >= 4 is 5.97 Å². The van der Waals surface area contributed by atoms with Gasteiger partial charge in [0, 0.05) is 6.42 Å². The normalized spacial score (nSPS) is 11.2. The van der Waals surface area contributed by atoms with Crippen molar-refractivity contribution in [3.05, 3.63) is 35.9 Å². The summed E-state index contributed by atoms with van der Waals surface area (Å²) in [6.45, 7) is 6.42. The molecule has 0 heterocycles. The third-order valence-corrected chi connectivity index (χ3v) is 2.34. The van der Waals surface area contributed by atoms with E-state index in [4.69, 9.17) is 9.47 Å². The molecule has 0 atom stereocenters. The molecular weight excluding hydrogens is 216 g/mol. The van der Waals surface area contributed by atoms with E-state index in [2.05, 4.69) is 0 Å². The molecule has 0 unspecified atom stereocenters. The van der Waals surface area contributed by atoms with Gasteiger partial charge in [-0.3, -0.25) is 4.79 Å². The van der Waals surface area contributed by atoms with Crippen molar-refractivity contribution < 1.29 is 14.3 Å². The van der Waals surface area contributed by atoms with Gasteiger partial charge in [0.05, 0.1) is 12.2 Å². The number of ether oxygens (including phenoxy) is 2. The largest absolute Gasteiger partial charge is 0.463 e. The predicted molar refractivity (Wildman–Crippen MR) is 66.6 cm³/mol. The zero-order chi connectivity index (χ0) is 12.7. The smallest absolute Gasteiger partial charge is 0.305 e. The number of rotatable bonds is 6. The third kappa shape index (κ3) is 5.50. The summed E-state index contributed by atoms with van der Waals surface area (Å²) in [5.74, 6) is -0.193. The molecule has 1 rings (SSSR count). The molecule has 0 fully saturated rings. The van der Waals surface area contributed by atoms with E-state index in [0.29, 0.717) is 13.0 Å². The number of esters is 1. The Bertz CT molecular complexity index is 344. The summed E-state index contributed by atoms with van der Waals surface area (Å²) in [7, 11) is 0. The van der Waals surface area contributed by atoms with Crippen molar-refractivity contribution in [3.63, 3.8) is 0 Å². The van der Waals surface area contributed by atoms with Crippen LogP contribution in [0.15, 0.2) is 30.3 Å². The highest BCUT2D eigenvalue weighted by atomic mass is 16.6. The first kappa shape index (κ1) is 13.7. The first-order valence-corrected chi connectivity index (χ1v) is 5.87. The lowest BCUT2D eigenvalue weighted by molar-refractivity contribution is -0.153. The second kappa shape index (κ2) is 6.40. The van der Waals surface area contributed by atoms with Crippen LogP contribution in [0.3, 0.4) is 0 Å². The van der Waals surface area contributed by atoms with Gasteiger partial charge in [-0.05, 0) is 19.4 Å². The van der Waals surface area contributed by atoms with E-state index in [1.807, 2.05) is 44.2 Å². The molecule has 0 saturated carbocycles. The van der Waals surface area contributed by atoms with Gasteiger partial charge in [0.15, 0.2) is 0 Å². The van der Waals surface area contributed by atoms with Crippen molar-refractivity contribution in [1.29, 1.82) is 0 Å². The van der Waals surface area contributed by atoms with Crippen LogP contribution in [-0.2, 0) is 20.9 Å². The third-order valence-electron chi connectivity index (χ3n) is 2.34. The minimum atomic E-state index is -0.458. The molecule has 17 heavy (non-hydrogen) atoms. The molecule has 0 N–H and O–H groups in total. The maximum atomic E-state index is 11.1. The molecule has 0 aromatic heterocycles. The van der Waals surface area contributed by atoms with Crippen LogP contribution in [0.2, 0.25) is 0 Å².